The maximum Gasteiger partial charge on any atom is 0.282 e. The molecule has 2 aromatic carbocycles. The molecule has 1 aromatic heterocycles. The van der Waals surface area contributed by atoms with Gasteiger partial charge < -0.3 is 9.29 Å². The largest absolute Gasteiger partial charge is 0.772 e. The third-order valence-electron chi connectivity index (χ3n) is 3.88. The summed E-state index contributed by atoms with van der Waals surface area (Å²) in [5.41, 5.74) is 2.05. The average Bonchev–Trinajstić information content (AvgIpc) is 3.08. The summed E-state index contributed by atoms with van der Waals surface area (Å²) < 4.78 is 54.9. The zero-order chi connectivity index (χ0) is 19.4. The van der Waals surface area contributed by atoms with Crippen LogP contribution in [0, 0.1) is 0 Å². The van der Waals surface area contributed by atoms with Crippen LogP contribution in [-0.2, 0) is 16.8 Å². The van der Waals surface area contributed by atoms with Gasteiger partial charge >= 0.3 is 0 Å². The van der Waals surface area contributed by atoms with E-state index in [2.05, 4.69) is 5.10 Å². The van der Waals surface area contributed by atoms with Gasteiger partial charge in [-0.05, 0) is 42.8 Å². The average molecular weight is 391 g/mol. The Morgan fingerprint density at radius 1 is 1.15 bits per heavy atom. The Morgan fingerprint density at radius 3 is 2.37 bits per heavy atom. The van der Waals surface area contributed by atoms with Gasteiger partial charge in [0, 0.05) is 11.3 Å². The lowest BCUT2D eigenvalue weighted by Gasteiger charge is -2.10. The van der Waals surface area contributed by atoms with Crippen LogP contribution in [0.15, 0.2) is 54.6 Å². The molecule has 0 N–H and O–H groups in total. The van der Waals surface area contributed by atoms with Crippen LogP contribution >= 0.6 is 0 Å². The molecule has 0 amide bonds. The monoisotopic (exact) mass is 391 g/mol. The summed E-state index contributed by atoms with van der Waals surface area (Å²) in [5.74, 6) is 0.583. The highest BCUT2D eigenvalue weighted by molar-refractivity contribution is 7.78. The lowest BCUT2D eigenvalue weighted by atomic mass is 10.1. The minimum Gasteiger partial charge on any atom is -0.772 e. The Kier molecular flexibility index (Phi) is 5.98. The first-order chi connectivity index (χ1) is 13.0. The third-order valence-corrected chi connectivity index (χ3v) is 4.45. The SMILES string of the molecule is CCOc1ccc(-n2nc(C(F)F)cc2-c2ccc(CS(=O)[O-])cc2)cc1. The van der Waals surface area contributed by atoms with E-state index in [1.165, 1.54) is 10.7 Å². The van der Waals surface area contributed by atoms with Gasteiger partial charge in [-0.25, -0.2) is 13.5 Å². The smallest absolute Gasteiger partial charge is 0.282 e. The minimum absolute atomic E-state index is 0.0965. The second-order valence-electron chi connectivity index (χ2n) is 5.74. The fourth-order valence-corrected chi connectivity index (χ4v) is 3.13. The molecule has 8 heteroatoms. The van der Waals surface area contributed by atoms with Crippen molar-refractivity contribution >= 4 is 11.1 Å². The highest BCUT2D eigenvalue weighted by atomic mass is 32.2. The quantitative estimate of drug-likeness (QED) is 0.565. The van der Waals surface area contributed by atoms with Crippen LogP contribution < -0.4 is 4.74 Å². The van der Waals surface area contributed by atoms with Crippen molar-refractivity contribution in [3.63, 3.8) is 0 Å². The summed E-state index contributed by atoms with van der Waals surface area (Å²) >= 11 is -2.19. The zero-order valence-electron chi connectivity index (χ0n) is 14.5. The number of alkyl halides is 2. The Labute approximate surface area is 157 Å². The van der Waals surface area contributed by atoms with E-state index in [0.29, 0.717) is 34.9 Å². The molecule has 27 heavy (non-hydrogen) atoms. The number of aromatic nitrogens is 2. The van der Waals surface area contributed by atoms with E-state index in [4.69, 9.17) is 4.74 Å². The van der Waals surface area contributed by atoms with Crippen LogP contribution in [0.1, 0.15) is 24.6 Å². The number of benzene rings is 2. The van der Waals surface area contributed by atoms with Gasteiger partial charge in [-0.1, -0.05) is 35.3 Å². The van der Waals surface area contributed by atoms with Crippen molar-refractivity contribution in [1.82, 2.24) is 9.78 Å². The maximum atomic E-state index is 13.2. The first-order valence-electron chi connectivity index (χ1n) is 8.24. The molecule has 1 unspecified atom stereocenters. The fraction of sp³-hybridized carbons (Fsp3) is 0.211. The highest BCUT2D eigenvalue weighted by Crippen LogP contribution is 2.29. The molecule has 0 aliphatic heterocycles. The predicted octanol–water partition coefficient (Wildman–Crippen LogP) is 4.25. The number of nitrogens with zero attached hydrogens (tertiary/aromatic N) is 2. The van der Waals surface area contributed by atoms with Crippen molar-refractivity contribution in [1.29, 1.82) is 0 Å². The Balaban J connectivity index is 2.00. The number of ether oxygens (including phenoxy) is 1. The summed E-state index contributed by atoms with van der Waals surface area (Å²) in [6.07, 6.45) is -2.70. The second-order valence-corrected chi connectivity index (χ2v) is 6.64. The van der Waals surface area contributed by atoms with E-state index in [1.807, 2.05) is 6.92 Å². The fourth-order valence-electron chi connectivity index (χ4n) is 2.67. The van der Waals surface area contributed by atoms with Gasteiger partial charge in [0.15, 0.2) is 0 Å². The lowest BCUT2D eigenvalue weighted by Crippen LogP contribution is -2.01. The van der Waals surface area contributed by atoms with Crippen molar-refractivity contribution in [2.24, 2.45) is 0 Å². The summed E-state index contributed by atoms with van der Waals surface area (Å²) in [5, 5.41) is 4.03. The number of hydrogen-bond donors (Lipinski definition) is 0. The van der Waals surface area contributed by atoms with Crippen molar-refractivity contribution in [3.05, 3.63) is 65.9 Å². The molecule has 1 atom stereocenters. The molecule has 3 aromatic rings. The summed E-state index contributed by atoms with van der Waals surface area (Å²) in [7, 11) is 0. The maximum absolute atomic E-state index is 13.2. The molecule has 0 aliphatic carbocycles. The van der Waals surface area contributed by atoms with E-state index in [9.17, 15) is 17.5 Å². The molecule has 1 heterocycles. The van der Waals surface area contributed by atoms with Crippen molar-refractivity contribution < 1.29 is 22.3 Å². The van der Waals surface area contributed by atoms with E-state index in [0.717, 1.165) is 0 Å². The molecule has 0 saturated heterocycles. The Bertz CT molecular complexity index is 925. The predicted molar refractivity (Wildman–Crippen MR) is 97.7 cm³/mol. The van der Waals surface area contributed by atoms with Gasteiger partial charge in [-0.15, -0.1) is 0 Å². The van der Waals surface area contributed by atoms with Crippen molar-refractivity contribution in [2.75, 3.05) is 6.61 Å². The van der Waals surface area contributed by atoms with Crippen LogP contribution in [0.4, 0.5) is 8.78 Å². The molecular weight excluding hydrogens is 374 g/mol. The van der Waals surface area contributed by atoms with Gasteiger partial charge in [-0.3, -0.25) is 4.21 Å². The second kappa shape index (κ2) is 8.41. The molecule has 3 rings (SSSR count). The minimum atomic E-state index is -2.70. The van der Waals surface area contributed by atoms with Gasteiger partial charge in [0.1, 0.15) is 11.4 Å². The third kappa shape index (κ3) is 4.58. The molecule has 0 bridgehead atoms. The first kappa shape index (κ1) is 19.2. The van der Waals surface area contributed by atoms with E-state index in [-0.39, 0.29) is 11.4 Å². The van der Waals surface area contributed by atoms with Crippen LogP contribution in [0.5, 0.6) is 5.75 Å². The van der Waals surface area contributed by atoms with E-state index >= 15 is 0 Å². The molecule has 142 valence electrons. The van der Waals surface area contributed by atoms with E-state index in [1.54, 1.807) is 48.5 Å². The van der Waals surface area contributed by atoms with Crippen LogP contribution in [-0.4, -0.2) is 25.1 Å². The van der Waals surface area contributed by atoms with Gasteiger partial charge in [0.05, 0.1) is 18.0 Å². The van der Waals surface area contributed by atoms with Crippen LogP contribution in [0.25, 0.3) is 16.9 Å². The van der Waals surface area contributed by atoms with E-state index < -0.39 is 17.5 Å². The topological polar surface area (TPSA) is 67.2 Å². The number of halogens is 2. The Morgan fingerprint density at radius 2 is 1.81 bits per heavy atom. The molecule has 0 aliphatic rings. The van der Waals surface area contributed by atoms with Crippen molar-refractivity contribution in [3.8, 4) is 22.7 Å². The molecule has 0 saturated carbocycles. The van der Waals surface area contributed by atoms with Crippen molar-refractivity contribution in [2.45, 2.75) is 19.1 Å². The van der Waals surface area contributed by atoms with Gasteiger partial charge in [0.2, 0.25) is 0 Å². The number of rotatable bonds is 7. The first-order valence-corrected chi connectivity index (χ1v) is 9.49. The summed E-state index contributed by atoms with van der Waals surface area (Å²) in [6.45, 7) is 2.41. The summed E-state index contributed by atoms with van der Waals surface area (Å²) in [4.78, 5) is 0. The van der Waals surface area contributed by atoms with Gasteiger partial charge in [0.25, 0.3) is 6.43 Å². The van der Waals surface area contributed by atoms with Crippen LogP contribution in [0.2, 0.25) is 0 Å². The zero-order valence-corrected chi connectivity index (χ0v) is 15.3. The molecule has 5 nitrogen and oxygen atoms in total. The number of hydrogen-bond acceptors (Lipinski definition) is 4. The molecule has 0 radical (unpaired) electrons. The standard InChI is InChI=1S/C19H18F2N2O3S/c1-2-26-16-9-7-15(8-10-16)23-18(11-17(22-23)19(20)21)14-5-3-13(4-6-14)12-27(24)25/h3-11,19H,2,12H2,1H3,(H,24,25)/p-1. The molecule has 0 fully saturated rings. The summed E-state index contributed by atoms with van der Waals surface area (Å²) in [6, 6.07) is 15.0. The normalized spacial score (nSPS) is 12.3. The molecular formula is C19H17F2N2O3S-. The van der Waals surface area contributed by atoms with Crippen LogP contribution in [0.3, 0.4) is 0 Å². The Hall–Kier alpha value is -2.58. The highest BCUT2D eigenvalue weighted by Gasteiger charge is 2.17. The molecule has 0 spiro atoms. The lowest BCUT2D eigenvalue weighted by molar-refractivity contribution is 0.145. The van der Waals surface area contributed by atoms with Gasteiger partial charge in [-0.2, -0.15) is 5.10 Å².